The van der Waals surface area contributed by atoms with Crippen molar-refractivity contribution in [1.82, 2.24) is 20.3 Å². The quantitative estimate of drug-likeness (QED) is 0.870. The molecule has 0 bridgehead atoms. The van der Waals surface area contributed by atoms with E-state index in [9.17, 15) is 0 Å². The van der Waals surface area contributed by atoms with E-state index in [4.69, 9.17) is 0 Å². The molecule has 1 N–H and O–H groups in total. The highest BCUT2D eigenvalue weighted by Crippen LogP contribution is 2.06. The third-order valence-electron chi connectivity index (χ3n) is 2.56. The Morgan fingerprint density at radius 2 is 1.94 bits per heavy atom. The lowest BCUT2D eigenvalue weighted by molar-refractivity contribution is 0.545. The molecule has 0 aliphatic heterocycles. The Bertz CT molecular complexity index is 453. The second kappa shape index (κ2) is 5.50. The normalized spacial score (nSPS) is 12.4. The molecule has 1 unspecified atom stereocenters. The minimum absolute atomic E-state index is 0.137. The number of hydrogen-bond donors (Lipinski definition) is 1. The summed E-state index contributed by atoms with van der Waals surface area (Å²) in [4.78, 5) is 12.7. The molecule has 17 heavy (non-hydrogen) atoms. The van der Waals surface area contributed by atoms with Crippen molar-refractivity contribution in [2.45, 2.75) is 26.4 Å². The number of nitrogens with one attached hydrogen (secondary N) is 1. The molecule has 0 saturated heterocycles. The maximum absolute atomic E-state index is 4.26. The average Bonchev–Trinajstić information content (AvgIpc) is 2.39. The van der Waals surface area contributed by atoms with Crippen molar-refractivity contribution in [1.29, 1.82) is 0 Å². The van der Waals surface area contributed by atoms with Gasteiger partial charge in [-0.05, 0) is 31.5 Å². The van der Waals surface area contributed by atoms with Crippen LogP contribution in [0.1, 0.15) is 30.0 Å². The largest absolute Gasteiger partial charge is 0.303 e. The molecule has 0 fully saturated rings. The molecule has 2 aromatic rings. The molecular weight excluding hydrogens is 212 g/mol. The van der Waals surface area contributed by atoms with Crippen molar-refractivity contribution in [3.63, 3.8) is 0 Å². The van der Waals surface area contributed by atoms with E-state index in [1.165, 1.54) is 5.56 Å². The Balaban J connectivity index is 1.92. The van der Waals surface area contributed by atoms with Gasteiger partial charge in [-0.3, -0.25) is 4.98 Å². The zero-order valence-electron chi connectivity index (χ0n) is 10.1. The molecule has 2 aromatic heterocycles. The lowest BCUT2D eigenvalue weighted by Crippen LogP contribution is -2.20. The van der Waals surface area contributed by atoms with Crippen LogP contribution >= 0.6 is 0 Å². The molecule has 0 aromatic carbocycles. The predicted molar refractivity (Wildman–Crippen MR) is 66.3 cm³/mol. The Morgan fingerprint density at radius 1 is 1.18 bits per heavy atom. The smallest absolute Gasteiger partial charge is 0.144 e. The number of pyridine rings is 1. The third-order valence-corrected chi connectivity index (χ3v) is 2.56. The fourth-order valence-electron chi connectivity index (χ4n) is 1.50. The second-order valence-corrected chi connectivity index (χ2v) is 4.02. The standard InChI is InChI=1S/C13H16N4/c1-10-4-5-12(8-16-10)9-17-11(2)13-14-6-3-7-15-13/h3-8,11,17H,9H2,1-2H3. The van der Waals surface area contributed by atoms with Crippen LogP contribution in [0.2, 0.25) is 0 Å². The van der Waals surface area contributed by atoms with Crippen LogP contribution in [0.15, 0.2) is 36.8 Å². The summed E-state index contributed by atoms with van der Waals surface area (Å²) in [6.45, 7) is 4.81. The zero-order chi connectivity index (χ0) is 12.1. The van der Waals surface area contributed by atoms with Gasteiger partial charge in [-0.25, -0.2) is 9.97 Å². The van der Waals surface area contributed by atoms with Gasteiger partial charge in [0, 0.05) is 30.8 Å². The fraction of sp³-hybridized carbons (Fsp3) is 0.308. The summed E-state index contributed by atoms with van der Waals surface area (Å²) >= 11 is 0. The number of aryl methyl sites for hydroxylation is 1. The molecular formula is C13H16N4. The molecule has 1 atom stereocenters. The van der Waals surface area contributed by atoms with Gasteiger partial charge in [0.1, 0.15) is 5.82 Å². The lowest BCUT2D eigenvalue weighted by Gasteiger charge is -2.11. The van der Waals surface area contributed by atoms with Crippen molar-refractivity contribution < 1.29 is 0 Å². The first-order valence-electron chi connectivity index (χ1n) is 5.67. The number of nitrogens with zero attached hydrogens (tertiary/aromatic N) is 3. The summed E-state index contributed by atoms with van der Waals surface area (Å²) in [6, 6.07) is 6.05. The Labute approximate surface area is 101 Å². The van der Waals surface area contributed by atoms with Crippen LogP contribution in [0.5, 0.6) is 0 Å². The minimum atomic E-state index is 0.137. The van der Waals surface area contributed by atoms with E-state index in [-0.39, 0.29) is 6.04 Å². The molecule has 88 valence electrons. The zero-order valence-corrected chi connectivity index (χ0v) is 10.1. The maximum atomic E-state index is 4.26. The summed E-state index contributed by atoms with van der Waals surface area (Å²) in [5.74, 6) is 0.813. The molecule has 4 heteroatoms. The van der Waals surface area contributed by atoms with Crippen molar-refractivity contribution in [2.24, 2.45) is 0 Å². The summed E-state index contributed by atoms with van der Waals surface area (Å²) in [5.41, 5.74) is 2.20. The molecule has 2 heterocycles. The van der Waals surface area contributed by atoms with Crippen molar-refractivity contribution in [2.75, 3.05) is 0 Å². The van der Waals surface area contributed by atoms with Gasteiger partial charge in [-0.15, -0.1) is 0 Å². The van der Waals surface area contributed by atoms with Gasteiger partial charge in [0.05, 0.1) is 6.04 Å². The van der Waals surface area contributed by atoms with E-state index in [0.29, 0.717) is 0 Å². The van der Waals surface area contributed by atoms with E-state index in [2.05, 4.69) is 33.3 Å². The highest BCUT2D eigenvalue weighted by atomic mass is 15.0. The van der Waals surface area contributed by atoms with Crippen LogP contribution in [0, 0.1) is 6.92 Å². The molecule has 0 spiro atoms. The minimum Gasteiger partial charge on any atom is -0.303 e. The van der Waals surface area contributed by atoms with E-state index < -0.39 is 0 Å². The summed E-state index contributed by atoms with van der Waals surface area (Å²) in [7, 11) is 0. The number of rotatable bonds is 4. The van der Waals surface area contributed by atoms with Crippen LogP contribution in [0.4, 0.5) is 0 Å². The van der Waals surface area contributed by atoms with Crippen LogP contribution in [-0.2, 0) is 6.54 Å². The fourth-order valence-corrected chi connectivity index (χ4v) is 1.50. The van der Waals surface area contributed by atoms with Gasteiger partial charge in [-0.1, -0.05) is 6.07 Å². The number of hydrogen-bond acceptors (Lipinski definition) is 4. The Hall–Kier alpha value is -1.81. The van der Waals surface area contributed by atoms with E-state index in [0.717, 1.165) is 18.1 Å². The predicted octanol–water partition coefficient (Wildman–Crippen LogP) is 2.03. The molecule has 0 saturated carbocycles. The topological polar surface area (TPSA) is 50.7 Å². The molecule has 0 amide bonds. The maximum Gasteiger partial charge on any atom is 0.144 e. The van der Waals surface area contributed by atoms with Crippen LogP contribution < -0.4 is 5.32 Å². The highest BCUT2D eigenvalue weighted by molar-refractivity contribution is 5.13. The van der Waals surface area contributed by atoms with E-state index in [1.807, 2.05) is 25.3 Å². The molecule has 0 aliphatic carbocycles. The van der Waals surface area contributed by atoms with Crippen molar-refractivity contribution >= 4 is 0 Å². The van der Waals surface area contributed by atoms with E-state index in [1.54, 1.807) is 12.4 Å². The molecule has 0 radical (unpaired) electrons. The van der Waals surface area contributed by atoms with Gasteiger partial charge in [0.2, 0.25) is 0 Å². The summed E-state index contributed by atoms with van der Waals surface area (Å²) in [6.07, 6.45) is 5.41. The summed E-state index contributed by atoms with van der Waals surface area (Å²) in [5, 5.41) is 3.37. The van der Waals surface area contributed by atoms with Gasteiger partial charge in [0.25, 0.3) is 0 Å². The second-order valence-electron chi connectivity index (χ2n) is 4.02. The first kappa shape index (κ1) is 11.7. The highest BCUT2D eigenvalue weighted by Gasteiger charge is 2.06. The van der Waals surface area contributed by atoms with Crippen LogP contribution in [0.3, 0.4) is 0 Å². The first-order valence-corrected chi connectivity index (χ1v) is 5.67. The van der Waals surface area contributed by atoms with Gasteiger partial charge in [-0.2, -0.15) is 0 Å². The first-order chi connectivity index (χ1) is 8.25. The third kappa shape index (κ3) is 3.32. The average molecular weight is 228 g/mol. The Morgan fingerprint density at radius 3 is 2.59 bits per heavy atom. The van der Waals surface area contributed by atoms with Gasteiger partial charge < -0.3 is 5.32 Å². The SMILES string of the molecule is Cc1ccc(CNC(C)c2ncccn2)cn1. The Kier molecular flexibility index (Phi) is 3.77. The van der Waals surface area contributed by atoms with Crippen LogP contribution in [0.25, 0.3) is 0 Å². The molecule has 0 aliphatic rings. The monoisotopic (exact) mass is 228 g/mol. The summed E-state index contributed by atoms with van der Waals surface area (Å²) < 4.78 is 0. The number of aromatic nitrogens is 3. The van der Waals surface area contributed by atoms with Crippen molar-refractivity contribution in [3.8, 4) is 0 Å². The molecule has 4 nitrogen and oxygen atoms in total. The van der Waals surface area contributed by atoms with E-state index >= 15 is 0 Å². The van der Waals surface area contributed by atoms with Gasteiger partial charge in [0.15, 0.2) is 0 Å². The van der Waals surface area contributed by atoms with Crippen LogP contribution in [-0.4, -0.2) is 15.0 Å². The van der Waals surface area contributed by atoms with Gasteiger partial charge >= 0.3 is 0 Å². The molecule has 2 rings (SSSR count). The lowest BCUT2D eigenvalue weighted by atomic mass is 10.2. The van der Waals surface area contributed by atoms with Crippen molar-refractivity contribution in [3.05, 3.63) is 53.9 Å².